The predicted molar refractivity (Wildman–Crippen MR) is 60.6 cm³/mol. The van der Waals surface area contributed by atoms with Crippen molar-refractivity contribution in [1.29, 1.82) is 0 Å². The molecule has 2 heterocycles. The van der Waals surface area contributed by atoms with Crippen molar-refractivity contribution >= 4 is 11.3 Å². The van der Waals surface area contributed by atoms with E-state index in [1.807, 2.05) is 11.3 Å². The number of hydrogen-bond donors (Lipinski definition) is 1. The lowest BCUT2D eigenvalue weighted by Gasteiger charge is -2.52. The number of rotatable bonds is 1. The molecule has 2 heteroatoms. The van der Waals surface area contributed by atoms with Crippen LogP contribution in [-0.4, -0.2) is 6.54 Å². The Morgan fingerprint density at radius 1 is 1.29 bits per heavy atom. The summed E-state index contributed by atoms with van der Waals surface area (Å²) in [6.07, 6.45) is 7.25. The third-order valence-electron chi connectivity index (χ3n) is 3.95. The topological polar surface area (TPSA) is 12.0 Å². The molecule has 1 aliphatic heterocycles. The van der Waals surface area contributed by atoms with E-state index < -0.39 is 0 Å². The van der Waals surface area contributed by atoms with Crippen LogP contribution in [0.25, 0.3) is 0 Å². The third kappa shape index (κ3) is 1.24. The molecule has 76 valence electrons. The van der Waals surface area contributed by atoms with Crippen molar-refractivity contribution < 1.29 is 0 Å². The smallest absolute Gasteiger partial charge is 0.0484 e. The van der Waals surface area contributed by atoms with Crippen molar-refractivity contribution in [3.05, 3.63) is 22.4 Å². The monoisotopic (exact) mass is 207 g/mol. The molecule has 1 aromatic heterocycles. The molecule has 1 saturated heterocycles. The highest BCUT2D eigenvalue weighted by molar-refractivity contribution is 7.10. The lowest BCUT2D eigenvalue weighted by molar-refractivity contribution is 0.0381. The molecule has 0 amide bonds. The Hall–Kier alpha value is -0.340. The summed E-state index contributed by atoms with van der Waals surface area (Å²) in [4.78, 5) is 1.55. The Morgan fingerprint density at radius 2 is 2.14 bits per heavy atom. The van der Waals surface area contributed by atoms with Gasteiger partial charge in [-0.25, -0.2) is 0 Å². The van der Waals surface area contributed by atoms with E-state index in [0.29, 0.717) is 11.5 Å². The first kappa shape index (κ1) is 8.93. The fourth-order valence-corrected chi connectivity index (χ4v) is 4.01. The molecule has 3 rings (SSSR count). The highest BCUT2D eigenvalue weighted by atomic mass is 32.1. The molecule has 1 spiro atoms. The summed E-state index contributed by atoms with van der Waals surface area (Å²) < 4.78 is 0. The van der Waals surface area contributed by atoms with E-state index in [0.717, 1.165) is 0 Å². The van der Waals surface area contributed by atoms with Crippen molar-refractivity contribution in [3.63, 3.8) is 0 Å². The third-order valence-corrected chi connectivity index (χ3v) is 4.88. The van der Waals surface area contributed by atoms with Crippen LogP contribution in [0.4, 0.5) is 0 Å². The summed E-state index contributed by atoms with van der Waals surface area (Å²) in [5.41, 5.74) is 0.642. The second-order valence-corrected chi connectivity index (χ2v) is 5.73. The van der Waals surface area contributed by atoms with E-state index in [1.165, 1.54) is 38.6 Å². The maximum absolute atomic E-state index is 3.62. The molecule has 1 N–H and O–H groups in total. The van der Waals surface area contributed by atoms with Crippen LogP contribution in [-0.2, 0) is 0 Å². The SMILES string of the molecule is c1csc(C2NCC23CCCCC3)c1. The van der Waals surface area contributed by atoms with Crippen molar-refractivity contribution in [2.75, 3.05) is 6.54 Å². The number of nitrogens with one attached hydrogen (secondary N) is 1. The van der Waals surface area contributed by atoms with Crippen molar-refractivity contribution in [2.45, 2.75) is 38.1 Å². The zero-order valence-corrected chi connectivity index (χ0v) is 9.28. The van der Waals surface area contributed by atoms with Crippen molar-refractivity contribution in [2.24, 2.45) is 5.41 Å². The van der Waals surface area contributed by atoms with Gasteiger partial charge in [0.2, 0.25) is 0 Å². The summed E-state index contributed by atoms with van der Waals surface area (Å²) in [5.74, 6) is 0. The van der Waals surface area contributed by atoms with Gasteiger partial charge in [-0.15, -0.1) is 11.3 Å². The van der Waals surface area contributed by atoms with E-state index in [4.69, 9.17) is 0 Å². The van der Waals surface area contributed by atoms with Crippen molar-refractivity contribution in [3.8, 4) is 0 Å². The van der Waals surface area contributed by atoms with Gasteiger partial charge < -0.3 is 5.32 Å². The summed E-state index contributed by atoms with van der Waals surface area (Å²) in [6.45, 7) is 1.26. The minimum atomic E-state index is 0.642. The van der Waals surface area contributed by atoms with E-state index in [1.54, 1.807) is 4.88 Å². The minimum absolute atomic E-state index is 0.642. The Balaban J connectivity index is 1.81. The van der Waals surface area contributed by atoms with E-state index in [2.05, 4.69) is 22.8 Å². The normalized spacial score (nSPS) is 30.1. The van der Waals surface area contributed by atoms with Gasteiger partial charge in [-0.05, 0) is 24.3 Å². The van der Waals surface area contributed by atoms with Gasteiger partial charge in [0.05, 0.1) is 0 Å². The van der Waals surface area contributed by atoms with Gasteiger partial charge >= 0.3 is 0 Å². The average molecular weight is 207 g/mol. The Kier molecular flexibility index (Phi) is 2.14. The standard InChI is InChI=1S/C12H17NS/c1-2-6-12(7-3-1)9-13-11(12)10-5-4-8-14-10/h4-5,8,11,13H,1-3,6-7,9H2. The molecule has 1 saturated carbocycles. The summed E-state index contributed by atoms with van der Waals surface area (Å²) >= 11 is 1.91. The molecule has 14 heavy (non-hydrogen) atoms. The van der Waals surface area contributed by atoms with Crippen LogP contribution in [0.3, 0.4) is 0 Å². The highest BCUT2D eigenvalue weighted by Crippen LogP contribution is 2.51. The first-order valence-electron chi connectivity index (χ1n) is 5.68. The second kappa shape index (κ2) is 3.35. The second-order valence-electron chi connectivity index (χ2n) is 4.75. The van der Waals surface area contributed by atoms with Crippen LogP contribution in [0.2, 0.25) is 0 Å². The van der Waals surface area contributed by atoms with Crippen molar-refractivity contribution in [1.82, 2.24) is 5.32 Å². The Labute approximate surface area is 89.5 Å². The molecule has 1 atom stereocenters. The van der Waals surface area contributed by atoms with Gasteiger partial charge in [0.25, 0.3) is 0 Å². The minimum Gasteiger partial charge on any atom is -0.308 e. The summed E-state index contributed by atoms with van der Waals surface area (Å²) in [7, 11) is 0. The molecular weight excluding hydrogens is 190 g/mol. The molecule has 2 aliphatic rings. The number of thiophene rings is 1. The van der Waals surface area contributed by atoms with Crippen LogP contribution in [0.1, 0.15) is 43.0 Å². The Morgan fingerprint density at radius 3 is 2.71 bits per heavy atom. The van der Waals surface area contributed by atoms with E-state index >= 15 is 0 Å². The Bertz CT molecular complexity index is 298. The highest BCUT2D eigenvalue weighted by Gasteiger charge is 2.47. The predicted octanol–water partition coefficient (Wildman–Crippen LogP) is 3.34. The molecule has 2 fully saturated rings. The molecule has 0 radical (unpaired) electrons. The molecule has 1 unspecified atom stereocenters. The van der Waals surface area contributed by atoms with Gasteiger partial charge in [-0.1, -0.05) is 25.3 Å². The summed E-state index contributed by atoms with van der Waals surface area (Å²) in [6, 6.07) is 5.15. The van der Waals surface area contributed by atoms with Crippen LogP contribution < -0.4 is 5.32 Å². The van der Waals surface area contributed by atoms with Gasteiger partial charge in [0.15, 0.2) is 0 Å². The maximum atomic E-state index is 3.62. The first-order valence-corrected chi connectivity index (χ1v) is 6.56. The van der Waals surface area contributed by atoms with Gasteiger partial charge in [0.1, 0.15) is 0 Å². The molecule has 1 aromatic rings. The lowest BCUT2D eigenvalue weighted by Crippen LogP contribution is -2.56. The zero-order valence-electron chi connectivity index (χ0n) is 8.46. The number of hydrogen-bond acceptors (Lipinski definition) is 2. The average Bonchev–Trinajstić information content (AvgIpc) is 2.71. The zero-order chi connectivity index (χ0) is 9.43. The molecule has 0 bridgehead atoms. The molecule has 1 nitrogen and oxygen atoms in total. The maximum Gasteiger partial charge on any atom is 0.0484 e. The van der Waals surface area contributed by atoms with E-state index in [9.17, 15) is 0 Å². The van der Waals surface area contributed by atoms with E-state index in [-0.39, 0.29) is 0 Å². The van der Waals surface area contributed by atoms with Gasteiger partial charge in [0, 0.05) is 22.9 Å². The lowest BCUT2D eigenvalue weighted by atomic mass is 9.64. The fraction of sp³-hybridized carbons (Fsp3) is 0.667. The van der Waals surface area contributed by atoms with Crippen LogP contribution >= 0.6 is 11.3 Å². The summed E-state index contributed by atoms with van der Waals surface area (Å²) in [5, 5.41) is 5.82. The first-order chi connectivity index (χ1) is 6.91. The van der Waals surface area contributed by atoms with Gasteiger partial charge in [-0.2, -0.15) is 0 Å². The van der Waals surface area contributed by atoms with Gasteiger partial charge in [-0.3, -0.25) is 0 Å². The molecule has 0 aromatic carbocycles. The fourth-order valence-electron chi connectivity index (χ4n) is 3.07. The molecular formula is C12H17NS. The quantitative estimate of drug-likeness (QED) is 0.744. The largest absolute Gasteiger partial charge is 0.308 e. The van der Waals surface area contributed by atoms with Crippen LogP contribution in [0.15, 0.2) is 17.5 Å². The molecule has 1 aliphatic carbocycles. The van der Waals surface area contributed by atoms with Crippen LogP contribution in [0.5, 0.6) is 0 Å². The van der Waals surface area contributed by atoms with Crippen LogP contribution in [0, 0.1) is 5.41 Å².